The van der Waals surface area contributed by atoms with E-state index in [1.54, 1.807) is 12.2 Å². The summed E-state index contributed by atoms with van der Waals surface area (Å²) in [6.45, 7) is 7.31. The molecule has 0 aromatic carbocycles. The minimum absolute atomic E-state index is 0.0410. The number of hydrogen-bond acceptors (Lipinski definition) is 6. The van der Waals surface area contributed by atoms with Crippen molar-refractivity contribution in [3.05, 3.63) is 23.8 Å². The van der Waals surface area contributed by atoms with Gasteiger partial charge in [-0.25, -0.2) is 0 Å². The van der Waals surface area contributed by atoms with Crippen LogP contribution in [0.25, 0.3) is 0 Å². The monoisotopic (exact) mass is 414 g/mol. The summed E-state index contributed by atoms with van der Waals surface area (Å²) in [5.74, 6) is 0.106. The molecule has 30 heavy (non-hydrogen) atoms. The minimum atomic E-state index is -0.927. The summed E-state index contributed by atoms with van der Waals surface area (Å²) in [7, 11) is 0. The van der Waals surface area contributed by atoms with Crippen molar-refractivity contribution in [1.82, 2.24) is 0 Å². The van der Waals surface area contributed by atoms with Crippen molar-refractivity contribution in [2.24, 2.45) is 34.5 Å². The van der Waals surface area contributed by atoms with Crippen LogP contribution < -0.4 is 0 Å². The zero-order valence-electron chi connectivity index (χ0n) is 17.9. The first-order valence-electron chi connectivity index (χ1n) is 11.2. The highest BCUT2D eigenvalue weighted by atomic mass is 16.9. The first kappa shape index (κ1) is 19.4. The third kappa shape index (κ3) is 2.00. The predicted molar refractivity (Wildman–Crippen MR) is 106 cm³/mol. The molecule has 0 aromatic heterocycles. The molecule has 2 heterocycles. The van der Waals surface area contributed by atoms with E-state index in [-0.39, 0.29) is 53.7 Å². The molecule has 2 aliphatic heterocycles. The van der Waals surface area contributed by atoms with Crippen molar-refractivity contribution in [2.75, 3.05) is 20.2 Å². The van der Waals surface area contributed by atoms with Gasteiger partial charge in [-0.2, -0.15) is 0 Å². The largest absolute Gasteiger partial charge is 0.350 e. The number of ether oxygens (including phenoxy) is 4. The van der Waals surface area contributed by atoms with E-state index < -0.39 is 11.4 Å². The first-order valence-corrected chi connectivity index (χ1v) is 11.2. The summed E-state index contributed by atoms with van der Waals surface area (Å²) in [4.78, 5) is 25.8. The maximum Gasteiger partial charge on any atom is 0.227 e. The lowest BCUT2D eigenvalue weighted by Crippen LogP contribution is -2.67. The number of fused-ring (bicyclic) bond motifs is 7. The van der Waals surface area contributed by atoms with Crippen molar-refractivity contribution in [3.63, 3.8) is 0 Å². The van der Waals surface area contributed by atoms with Crippen molar-refractivity contribution in [3.8, 4) is 0 Å². The molecular weight excluding hydrogens is 384 g/mol. The molecule has 162 valence electrons. The molecule has 0 aromatic rings. The van der Waals surface area contributed by atoms with Crippen LogP contribution >= 0.6 is 0 Å². The van der Waals surface area contributed by atoms with E-state index in [0.717, 1.165) is 24.8 Å². The molecule has 6 heteroatoms. The van der Waals surface area contributed by atoms with Crippen LogP contribution in [-0.4, -0.2) is 43.1 Å². The van der Waals surface area contributed by atoms with Crippen LogP contribution in [0.5, 0.6) is 0 Å². The number of carbonyl (C=O) groups is 2. The van der Waals surface area contributed by atoms with Crippen LogP contribution in [0, 0.1) is 34.5 Å². The Kier molecular flexibility index (Phi) is 3.81. The summed E-state index contributed by atoms with van der Waals surface area (Å²) in [5.41, 5.74) is -0.289. The summed E-state index contributed by atoms with van der Waals surface area (Å²) in [6, 6.07) is 0. The Balaban J connectivity index is 1.45. The molecule has 2 saturated heterocycles. The van der Waals surface area contributed by atoms with E-state index in [0.29, 0.717) is 18.9 Å². The Morgan fingerprint density at radius 3 is 2.67 bits per heavy atom. The predicted octanol–water partition coefficient (Wildman–Crippen LogP) is 3.16. The molecule has 3 saturated carbocycles. The molecule has 0 N–H and O–H groups in total. The second kappa shape index (κ2) is 5.91. The average Bonchev–Trinajstić information content (AvgIpc) is 3.38. The Hall–Kier alpha value is -1.34. The quantitative estimate of drug-likeness (QED) is 0.606. The van der Waals surface area contributed by atoms with Crippen molar-refractivity contribution < 1.29 is 28.5 Å². The summed E-state index contributed by atoms with van der Waals surface area (Å²) >= 11 is 0. The molecule has 0 amide bonds. The Morgan fingerprint density at radius 2 is 1.90 bits per heavy atom. The van der Waals surface area contributed by atoms with Crippen LogP contribution in [0.3, 0.4) is 0 Å². The Bertz CT molecular complexity index is 879. The molecule has 8 atom stereocenters. The van der Waals surface area contributed by atoms with E-state index >= 15 is 0 Å². The number of carbonyl (C=O) groups excluding carboxylic acids is 2. The maximum absolute atomic E-state index is 13.9. The zero-order chi connectivity index (χ0) is 20.9. The molecule has 4 aliphatic carbocycles. The fourth-order valence-corrected chi connectivity index (χ4v) is 8.55. The van der Waals surface area contributed by atoms with Gasteiger partial charge in [-0.15, -0.1) is 0 Å². The van der Waals surface area contributed by atoms with Gasteiger partial charge in [-0.1, -0.05) is 32.4 Å². The molecular formula is C24H30O6. The first-order chi connectivity index (χ1) is 14.3. The molecule has 6 rings (SSSR count). The van der Waals surface area contributed by atoms with E-state index in [1.807, 2.05) is 6.08 Å². The highest BCUT2D eigenvalue weighted by Crippen LogP contribution is 2.71. The second-order valence-electron chi connectivity index (χ2n) is 10.7. The lowest BCUT2D eigenvalue weighted by atomic mass is 9.46. The smallest absolute Gasteiger partial charge is 0.227 e. The van der Waals surface area contributed by atoms with Gasteiger partial charge in [0.1, 0.15) is 18.0 Å². The van der Waals surface area contributed by atoms with Crippen LogP contribution in [0.1, 0.15) is 46.5 Å². The van der Waals surface area contributed by atoms with Gasteiger partial charge in [0, 0.05) is 23.2 Å². The molecule has 5 fully saturated rings. The van der Waals surface area contributed by atoms with Crippen molar-refractivity contribution in [2.45, 2.75) is 57.8 Å². The standard InChI is InChI=1S/C24H30O6/c1-14-8-18-17-5-4-15-9-16(25)6-7-21(15,2)20(17)19(26)10-22(18,3)24(14)23(29-13-30-24)11-27-12-28-23/h6-7,9,14,17-18,20H,4-5,8,10-13H2,1-3H3/t14-,17?,18?,20?,21+,22+,23?,24-/m1/s1. The zero-order valence-corrected chi connectivity index (χ0v) is 17.9. The lowest BCUT2D eigenvalue weighted by molar-refractivity contribution is -0.256. The lowest BCUT2D eigenvalue weighted by Gasteiger charge is -2.58. The highest BCUT2D eigenvalue weighted by molar-refractivity contribution is 6.01. The summed E-state index contributed by atoms with van der Waals surface area (Å²) in [6.07, 6.45) is 8.66. The Morgan fingerprint density at radius 1 is 1.10 bits per heavy atom. The molecule has 6 nitrogen and oxygen atoms in total. The second-order valence-corrected chi connectivity index (χ2v) is 10.7. The minimum Gasteiger partial charge on any atom is -0.350 e. The average molecular weight is 414 g/mol. The van der Waals surface area contributed by atoms with Gasteiger partial charge in [0.2, 0.25) is 5.79 Å². The highest BCUT2D eigenvalue weighted by Gasteiger charge is 2.79. The van der Waals surface area contributed by atoms with E-state index in [4.69, 9.17) is 18.9 Å². The normalized spacial score (nSPS) is 54.4. The fraction of sp³-hybridized carbons (Fsp3) is 0.750. The van der Waals surface area contributed by atoms with Crippen LogP contribution in [0.2, 0.25) is 0 Å². The Labute approximate surface area is 176 Å². The van der Waals surface area contributed by atoms with E-state index in [2.05, 4.69) is 20.8 Å². The van der Waals surface area contributed by atoms with E-state index in [1.165, 1.54) is 0 Å². The van der Waals surface area contributed by atoms with Crippen molar-refractivity contribution >= 4 is 11.6 Å². The van der Waals surface area contributed by atoms with Gasteiger partial charge >= 0.3 is 0 Å². The third-order valence-electron chi connectivity index (χ3n) is 9.61. The fourth-order valence-electron chi connectivity index (χ4n) is 8.55. The molecule has 4 unspecified atom stereocenters. The summed E-state index contributed by atoms with van der Waals surface area (Å²) < 4.78 is 24.2. The van der Waals surface area contributed by atoms with Gasteiger partial charge in [-0.05, 0) is 49.2 Å². The number of hydrogen-bond donors (Lipinski definition) is 0. The number of allylic oxidation sites excluding steroid dienone is 4. The molecule has 0 bridgehead atoms. The molecule has 2 spiro atoms. The van der Waals surface area contributed by atoms with Crippen LogP contribution in [0.15, 0.2) is 23.8 Å². The van der Waals surface area contributed by atoms with Crippen molar-refractivity contribution in [1.29, 1.82) is 0 Å². The van der Waals surface area contributed by atoms with E-state index in [9.17, 15) is 9.59 Å². The SMILES string of the molecule is C[C@@H]1CC2C3CCC4=CC(=O)C=C[C@]4(C)C3C(=O)C[C@]2(C)[C@]12OCOC21COCO1. The summed E-state index contributed by atoms with van der Waals surface area (Å²) in [5, 5.41) is 0. The number of ketones is 2. The maximum atomic E-state index is 13.9. The van der Waals surface area contributed by atoms with Gasteiger partial charge in [-0.3, -0.25) is 9.59 Å². The third-order valence-corrected chi connectivity index (χ3v) is 9.61. The van der Waals surface area contributed by atoms with Gasteiger partial charge in [0.05, 0.1) is 0 Å². The van der Waals surface area contributed by atoms with Gasteiger partial charge in [0.25, 0.3) is 0 Å². The molecule has 6 aliphatic rings. The van der Waals surface area contributed by atoms with Gasteiger partial charge in [0.15, 0.2) is 19.4 Å². The topological polar surface area (TPSA) is 71.1 Å². The van der Waals surface area contributed by atoms with Gasteiger partial charge < -0.3 is 18.9 Å². The number of Topliss-reactive ketones (excluding diaryl/α,β-unsaturated/α-hetero) is 1. The number of rotatable bonds is 0. The molecule has 0 radical (unpaired) electrons. The van der Waals surface area contributed by atoms with Crippen LogP contribution in [-0.2, 0) is 28.5 Å². The van der Waals surface area contributed by atoms with Crippen LogP contribution in [0.4, 0.5) is 0 Å².